The van der Waals surface area contributed by atoms with Gasteiger partial charge in [0.2, 0.25) is 5.91 Å². The second-order valence-electron chi connectivity index (χ2n) is 6.41. The van der Waals surface area contributed by atoms with E-state index in [9.17, 15) is 9.59 Å². The number of nitrogens with zero attached hydrogens (tertiary/aromatic N) is 2. The Kier molecular flexibility index (Phi) is 6.72. The zero-order chi connectivity index (χ0) is 19.1. The van der Waals surface area contributed by atoms with Crippen molar-refractivity contribution >= 4 is 17.6 Å². The first kappa shape index (κ1) is 19.4. The molecule has 0 aliphatic rings. The number of hydrogen-bond acceptors (Lipinski definition) is 3. The molecule has 0 saturated heterocycles. The van der Waals surface area contributed by atoms with Crippen LogP contribution in [0, 0.1) is 20.8 Å². The van der Waals surface area contributed by atoms with Crippen molar-refractivity contribution in [1.29, 1.82) is 0 Å². The number of primary amides is 1. The highest BCUT2D eigenvalue weighted by Gasteiger charge is 2.17. The molecule has 6 heteroatoms. The highest BCUT2D eigenvalue weighted by Crippen LogP contribution is 2.19. The van der Waals surface area contributed by atoms with Gasteiger partial charge in [0.1, 0.15) is 0 Å². The van der Waals surface area contributed by atoms with Crippen molar-refractivity contribution in [2.75, 3.05) is 18.4 Å². The molecule has 2 aromatic rings. The lowest BCUT2D eigenvalue weighted by Crippen LogP contribution is -2.39. The van der Waals surface area contributed by atoms with Crippen molar-refractivity contribution in [3.8, 4) is 0 Å². The predicted molar refractivity (Wildman–Crippen MR) is 103 cm³/mol. The van der Waals surface area contributed by atoms with E-state index in [1.54, 1.807) is 4.90 Å². The van der Waals surface area contributed by atoms with Gasteiger partial charge < -0.3 is 16.0 Å². The van der Waals surface area contributed by atoms with E-state index in [1.807, 2.05) is 57.2 Å². The van der Waals surface area contributed by atoms with E-state index in [4.69, 9.17) is 5.73 Å². The van der Waals surface area contributed by atoms with Gasteiger partial charge in [0.15, 0.2) is 0 Å². The molecule has 0 saturated carbocycles. The molecule has 0 bridgehead atoms. The van der Waals surface area contributed by atoms with Gasteiger partial charge in [-0.15, -0.1) is 0 Å². The molecule has 138 valence electrons. The minimum atomic E-state index is -0.424. The van der Waals surface area contributed by atoms with Crippen LogP contribution in [-0.4, -0.2) is 34.9 Å². The fourth-order valence-corrected chi connectivity index (χ4v) is 2.87. The van der Waals surface area contributed by atoms with Crippen LogP contribution in [0.15, 0.2) is 36.4 Å². The molecule has 2 rings (SSSR count). The van der Waals surface area contributed by atoms with E-state index < -0.39 is 5.91 Å². The van der Waals surface area contributed by atoms with Crippen LogP contribution >= 0.6 is 0 Å². The number of carbonyl (C=O) groups is 2. The van der Waals surface area contributed by atoms with Crippen molar-refractivity contribution in [1.82, 2.24) is 9.88 Å². The summed E-state index contributed by atoms with van der Waals surface area (Å²) in [6.45, 7) is 6.51. The van der Waals surface area contributed by atoms with E-state index in [0.29, 0.717) is 18.7 Å². The molecule has 0 spiro atoms. The molecule has 1 heterocycles. The fourth-order valence-electron chi connectivity index (χ4n) is 2.87. The van der Waals surface area contributed by atoms with Crippen LogP contribution in [0.25, 0.3) is 0 Å². The minimum absolute atomic E-state index is 0.131. The molecule has 0 fully saturated rings. The summed E-state index contributed by atoms with van der Waals surface area (Å²) in [5.41, 5.74) is 9.75. The molecule has 0 atom stereocenters. The monoisotopic (exact) mass is 354 g/mol. The second kappa shape index (κ2) is 8.99. The smallest absolute Gasteiger partial charge is 0.321 e. The van der Waals surface area contributed by atoms with E-state index in [-0.39, 0.29) is 19.0 Å². The maximum Gasteiger partial charge on any atom is 0.321 e. The molecule has 3 N–H and O–H groups in total. The SMILES string of the molecule is Cc1cc(C)c(NC(=O)N(CCC(N)=O)CCc2ccccc2)c(C)n1. The molecule has 0 aliphatic heterocycles. The lowest BCUT2D eigenvalue weighted by molar-refractivity contribution is -0.118. The Labute approximate surface area is 154 Å². The van der Waals surface area contributed by atoms with Crippen LogP contribution in [0.4, 0.5) is 10.5 Å². The van der Waals surface area contributed by atoms with Crippen LogP contribution in [-0.2, 0) is 11.2 Å². The van der Waals surface area contributed by atoms with Gasteiger partial charge in [-0.1, -0.05) is 30.3 Å². The van der Waals surface area contributed by atoms with E-state index in [2.05, 4.69) is 10.3 Å². The number of benzene rings is 1. The fraction of sp³-hybridized carbons (Fsp3) is 0.350. The Morgan fingerprint density at radius 2 is 1.81 bits per heavy atom. The van der Waals surface area contributed by atoms with Gasteiger partial charge in [-0.25, -0.2) is 4.79 Å². The number of hydrogen-bond donors (Lipinski definition) is 2. The zero-order valence-corrected chi connectivity index (χ0v) is 15.6. The van der Waals surface area contributed by atoms with Crippen LogP contribution in [0.1, 0.15) is 28.9 Å². The number of carbonyl (C=O) groups excluding carboxylic acids is 2. The van der Waals surface area contributed by atoms with Crippen LogP contribution in [0.2, 0.25) is 0 Å². The summed E-state index contributed by atoms with van der Waals surface area (Å²) in [7, 11) is 0. The van der Waals surface area contributed by atoms with Crippen LogP contribution in [0.5, 0.6) is 0 Å². The maximum absolute atomic E-state index is 12.8. The van der Waals surface area contributed by atoms with Gasteiger partial charge in [-0.2, -0.15) is 0 Å². The number of rotatable bonds is 7. The van der Waals surface area contributed by atoms with Gasteiger partial charge in [-0.05, 0) is 44.4 Å². The first-order valence-electron chi connectivity index (χ1n) is 8.70. The standard InChI is InChI=1S/C20H26N4O2/c1-14-13-15(2)22-16(3)19(14)23-20(26)24(12-10-18(21)25)11-9-17-7-5-4-6-8-17/h4-8,13H,9-12H2,1-3H3,(H2,21,25)(H,23,26). The summed E-state index contributed by atoms with van der Waals surface area (Å²) < 4.78 is 0. The number of pyridine rings is 1. The van der Waals surface area contributed by atoms with Crippen molar-refractivity contribution in [3.05, 3.63) is 58.9 Å². The number of amides is 3. The first-order valence-corrected chi connectivity index (χ1v) is 8.70. The number of aromatic nitrogens is 1. The number of urea groups is 1. The second-order valence-corrected chi connectivity index (χ2v) is 6.41. The van der Waals surface area contributed by atoms with E-state index in [0.717, 1.165) is 22.5 Å². The summed E-state index contributed by atoms with van der Waals surface area (Å²) in [6.07, 6.45) is 0.837. The summed E-state index contributed by atoms with van der Waals surface area (Å²) in [5.74, 6) is -0.424. The predicted octanol–water partition coefficient (Wildman–Crippen LogP) is 2.96. The number of nitrogens with two attached hydrogens (primary N) is 1. The number of aryl methyl sites for hydroxylation is 3. The largest absolute Gasteiger partial charge is 0.370 e. The highest BCUT2D eigenvalue weighted by molar-refractivity contribution is 5.91. The quantitative estimate of drug-likeness (QED) is 0.801. The van der Waals surface area contributed by atoms with Crippen molar-refractivity contribution in [2.24, 2.45) is 5.73 Å². The van der Waals surface area contributed by atoms with Crippen LogP contribution < -0.4 is 11.1 Å². The van der Waals surface area contributed by atoms with Crippen LogP contribution in [0.3, 0.4) is 0 Å². The normalized spacial score (nSPS) is 10.4. The van der Waals surface area contributed by atoms with Gasteiger partial charge in [-0.3, -0.25) is 9.78 Å². The Balaban J connectivity index is 2.10. The number of nitrogens with one attached hydrogen (secondary N) is 1. The average molecular weight is 354 g/mol. The topological polar surface area (TPSA) is 88.3 Å². The molecule has 0 unspecified atom stereocenters. The number of anilines is 1. The first-order chi connectivity index (χ1) is 12.4. The Morgan fingerprint density at radius 3 is 2.42 bits per heavy atom. The molecule has 1 aromatic carbocycles. The summed E-state index contributed by atoms with van der Waals surface area (Å²) >= 11 is 0. The minimum Gasteiger partial charge on any atom is -0.370 e. The van der Waals surface area contributed by atoms with Gasteiger partial charge in [0.05, 0.1) is 11.4 Å². The molecule has 0 radical (unpaired) electrons. The van der Waals surface area contributed by atoms with Crippen molar-refractivity contribution in [3.63, 3.8) is 0 Å². The highest BCUT2D eigenvalue weighted by atomic mass is 16.2. The lowest BCUT2D eigenvalue weighted by Gasteiger charge is -2.24. The third-order valence-corrected chi connectivity index (χ3v) is 4.19. The Morgan fingerprint density at radius 1 is 1.12 bits per heavy atom. The Hall–Kier alpha value is -2.89. The summed E-state index contributed by atoms with van der Waals surface area (Å²) in [6, 6.07) is 11.6. The molecule has 6 nitrogen and oxygen atoms in total. The van der Waals surface area contributed by atoms with Crippen molar-refractivity contribution in [2.45, 2.75) is 33.6 Å². The molecule has 0 aliphatic carbocycles. The zero-order valence-electron chi connectivity index (χ0n) is 15.6. The summed E-state index contributed by atoms with van der Waals surface area (Å²) in [4.78, 5) is 30.0. The molecule has 1 aromatic heterocycles. The summed E-state index contributed by atoms with van der Waals surface area (Å²) in [5, 5.41) is 2.94. The van der Waals surface area contributed by atoms with E-state index >= 15 is 0 Å². The third kappa shape index (κ3) is 5.58. The van der Waals surface area contributed by atoms with Gasteiger partial charge in [0.25, 0.3) is 0 Å². The lowest BCUT2D eigenvalue weighted by atomic mass is 10.1. The van der Waals surface area contributed by atoms with Crippen molar-refractivity contribution < 1.29 is 9.59 Å². The van der Waals surface area contributed by atoms with E-state index in [1.165, 1.54) is 0 Å². The molecular formula is C20H26N4O2. The maximum atomic E-state index is 12.8. The van der Waals surface area contributed by atoms with Gasteiger partial charge in [0, 0.05) is 25.2 Å². The average Bonchev–Trinajstić information content (AvgIpc) is 2.58. The molecular weight excluding hydrogens is 328 g/mol. The Bertz CT molecular complexity index is 752. The van der Waals surface area contributed by atoms with Gasteiger partial charge >= 0.3 is 6.03 Å². The molecule has 26 heavy (non-hydrogen) atoms. The molecule has 3 amide bonds. The third-order valence-electron chi connectivity index (χ3n) is 4.19.